The summed E-state index contributed by atoms with van der Waals surface area (Å²) in [4.78, 5) is 12.9. The molecule has 0 atom stereocenters. The number of carbonyl (C=O) groups excluding carboxylic acids is 1. The highest BCUT2D eigenvalue weighted by Crippen LogP contribution is 2.27. The first-order valence-electron chi connectivity index (χ1n) is 10.5. The van der Waals surface area contributed by atoms with E-state index in [1.165, 1.54) is 0 Å². The molecule has 0 fully saturated rings. The Kier molecular flexibility index (Phi) is 7.44. The number of carbonyl (C=O) groups is 1. The number of rotatable bonds is 8. The third kappa shape index (κ3) is 5.37. The van der Waals surface area contributed by atoms with Crippen LogP contribution in [0.25, 0.3) is 10.8 Å². The van der Waals surface area contributed by atoms with Gasteiger partial charge in [-0.05, 0) is 35.0 Å². The Morgan fingerprint density at radius 1 is 0.941 bits per heavy atom. The van der Waals surface area contributed by atoms with Crippen LogP contribution in [-0.4, -0.2) is 18.7 Å². The van der Waals surface area contributed by atoms with Gasteiger partial charge in [0, 0.05) is 16.1 Å². The average molecular weight is 469 g/mol. The van der Waals surface area contributed by atoms with Crippen LogP contribution in [0.15, 0.2) is 90.0 Å². The summed E-state index contributed by atoms with van der Waals surface area (Å²) in [6.07, 6.45) is 6.90. The van der Waals surface area contributed by atoms with Crippen LogP contribution in [0.1, 0.15) is 21.5 Å². The fourth-order valence-corrected chi connectivity index (χ4v) is 3.61. The topological polar surface area (TPSA) is 59.9 Å². The molecule has 0 radical (unpaired) electrons. The Labute approximate surface area is 203 Å². The van der Waals surface area contributed by atoms with Gasteiger partial charge in [0.05, 0.1) is 11.8 Å². The molecule has 0 saturated heterocycles. The standard InChI is InChI=1S/C28H21ClN2O3/c1-2-17-33-27-16-15-20-9-3-5-11-22(20)24(27)18-30-31-28(32)23-12-6-8-14-26(23)34-19-21-10-4-7-13-25(21)29/h1,3-16,18H,17,19H2,(H,31,32)/b30-18-. The van der Waals surface area contributed by atoms with E-state index in [2.05, 4.69) is 16.4 Å². The van der Waals surface area contributed by atoms with E-state index in [4.69, 9.17) is 27.5 Å². The molecule has 1 amide bonds. The van der Waals surface area contributed by atoms with Crippen LogP contribution in [0.2, 0.25) is 5.02 Å². The molecule has 0 saturated carbocycles. The van der Waals surface area contributed by atoms with Gasteiger partial charge < -0.3 is 9.47 Å². The molecule has 5 nitrogen and oxygen atoms in total. The number of nitrogens with zero attached hydrogens (tertiary/aromatic N) is 1. The van der Waals surface area contributed by atoms with E-state index < -0.39 is 5.91 Å². The smallest absolute Gasteiger partial charge is 0.275 e. The first-order chi connectivity index (χ1) is 16.7. The lowest BCUT2D eigenvalue weighted by atomic mass is 10.0. The van der Waals surface area contributed by atoms with Gasteiger partial charge >= 0.3 is 0 Å². The molecular weight excluding hydrogens is 448 g/mol. The number of hydrogen-bond donors (Lipinski definition) is 1. The lowest BCUT2D eigenvalue weighted by molar-refractivity contribution is 0.0950. The number of nitrogens with one attached hydrogen (secondary N) is 1. The van der Waals surface area contributed by atoms with Gasteiger partial charge in [-0.2, -0.15) is 5.10 Å². The summed E-state index contributed by atoms with van der Waals surface area (Å²) in [6.45, 7) is 0.362. The van der Waals surface area contributed by atoms with Gasteiger partial charge in [0.15, 0.2) is 0 Å². The molecule has 4 aromatic carbocycles. The normalized spacial score (nSPS) is 10.7. The van der Waals surface area contributed by atoms with Crippen LogP contribution in [0.4, 0.5) is 0 Å². The summed E-state index contributed by atoms with van der Waals surface area (Å²) in [6, 6.07) is 26.0. The van der Waals surface area contributed by atoms with Crippen molar-refractivity contribution in [2.75, 3.05) is 6.61 Å². The van der Waals surface area contributed by atoms with Crippen molar-refractivity contribution in [3.63, 3.8) is 0 Å². The predicted octanol–water partition coefficient (Wildman–Crippen LogP) is 5.85. The van der Waals surface area contributed by atoms with E-state index in [9.17, 15) is 4.79 Å². The number of hydrogen-bond acceptors (Lipinski definition) is 4. The number of benzene rings is 4. The fourth-order valence-electron chi connectivity index (χ4n) is 3.42. The summed E-state index contributed by atoms with van der Waals surface area (Å²) in [5.41, 5.74) is 4.48. The second-order valence-corrected chi connectivity index (χ2v) is 7.67. The van der Waals surface area contributed by atoms with Crippen LogP contribution in [0.3, 0.4) is 0 Å². The molecule has 0 aliphatic heterocycles. The van der Waals surface area contributed by atoms with Gasteiger partial charge in [-0.3, -0.25) is 4.79 Å². The second-order valence-electron chi connectivity index (χ2n) is 7.27. The minimum atomic E-state index is -0.405. The SMILES string of the molecule is C#CCOc1ccc2ccccc2c1/C=N\NC(=O)c1ccccc1OCc1ccccc1Cl. The number of halogens is 1. The van der Waals surface area contributed by atoms with Crippen molar-refractivity contribution in [3.8, 4) is 23.8 Å². The zero-order chi connectivity index (χ0) is 23.8. The van der Waals surface area contributed by atoms with Gasteiger partial charge in [-0.1, -0.05) is 78.2 Å². The predicted molar refractivity (Wildman–Crippen MR) is 136 cm³/mol. The van der Waals surface area contributed by atoms with E-state index >= 15 is 0 Å². The van der Waals surface area contributed by atoms with Gasteiger partial charge in [0.25, 0.3) is 5.91 Å². The van der Waals surface area contributed by atoms with Crippen molar-refractivity contribution in [3.05, 3.63) is 107 Å². The first kappa shape index (κ1) is 22.9. The van der Waals surface area contributed by atoms with Crippen LogP contribution in [0.5, 0.6) is 11.5 Å². The molecule has 0 aromatic heterocycles. The quantitative estimate of drug-likeness (QED) is 0.200. The molecule has 0 heterocycles. The molecule has 0 bridgehead atoms. The van der Waals surface area contributed by atoms with Crippen LogP contribution in [0, 0.1) is 12.3 Å². The Balaban J connectivity index is 1.53. The zero-order valence-electron chi connectivity index (χ0n) is 18.2. The summed E-state index contributed by atoms with van der Waals surface area (Å²) < 4.78 is 11.5. The molecule has 0 spiro atoms. The van der Waals surface area contributed by atoms with Crippen molar-refractivity contribution in [1.82, 2.24) is 5.43 Å². The van der Waals surface area contributed by atoms with Crippen molar-refractivity contribution in [1.29, 1.82) is 0 Å². The molecule has 6 heteroatoms. The van der Waals surface area contributed by atoms with Crippen LogP contribution in [-0.2, 0) is 6.61 Å². The maximum atomic E-state index is 12.9. The Bertz CT molecular complexity index is 1390. The van der Waals surface area contributed by atoms with Gasteiger partial charge in [0.2, 0.25) is 0 Å². The Morgan fingerprint density at radius 3 is 2.56 bits per heavy atom. The van der Waals surface area contributed by atoms with E-state index in [0.717, 1.165) is 21.9 Å². The lowest BCUT2D eigenvalue weighted by Gasteiger charge is -2.12. The van der Waals surface area contributed by atoms with Gasteiger partial charge in [0.1, 0.15) is 24.7 Å². The van der Waals surface area contributed by atoms with Crippen molar-refractivity contribution < 1.29 is 14.3 Å². The van der Waals surface area contributed by atoms with E-state index in [0.29, 0.717) is 22.1 Å². The molecule has 1 N–H and O–H groups in total. The lowest BCUT2D eigenvalue weighted by Crippen LogP contribution is -2.19. The monoisotopic (exact) mass is 468 g/mol. The number of amides is 1. The van der Waals surface area contributed by atoms with Crippen LogP contribution < -0.4 is 14.9 Å². The maximum Gasteiger partial charge on any atom is 0.275 e. The summed E-state index contributed by atoms with van der Waals surface area (Å²) >= 11 is 6.21. The molecule has 4 aromatic rings. The number of hydrazone groups is 1. The third-order valence-electron chi connectivity index (χ3n) is 5.07. The fraction of sp³-hybridized carbons (Fsp3) is 0.0714. The molecule has 0 aliphatic rings. The molecule has 0 aliphatic carbocycles. The van der Waals surface area contributed by atoms with Gasteiger partial charge in [-0.15, -0.1) is 6.42 Å². The summed E-state index contributed by atoms with van der Waals surface area (Å²) in [5.74, 6) is 3.07. The highest BCUT2D eigenvalue weighted by molar-refractivity contribution is 6.31. The number of terminal acetylenes is 1. The zero-order valence-corrected chi connectivity index (χ0v) is 19.0. The van der Waals surface area contributed by atoms with Crippen molar-refractivity contribution >= 4 is 34.5 Å². The van der Waals surface area contributed by atoms with Crippen molar-refractivity contribution in [2.24, 2.45) is 5.10 Å². The highest BCUT2D eigenvalue weighted by atomic mass is 35.5. The van der Waals surface area contributed by atoms with Crippen molar-refractivity contribution in [2.45, 2.75) is 6.61 Å². The average Bonchev–Trinajstić information content (AvgIpc) is 2.87. The summed E-state index contributed by atoms with van der Waals surface area (Å²) in [7, 11) is 0. The van der Waals surface area contributed by atoms with E-state index in [-0.39, 0.29) is 13.2 Å². The van der Waals surface area contributed by atoms with Crippen LogP contribution >= 0.6 is 11.6 Å². The molecule has 0 unspecified atom stereocenters. The maximum absolute atomic E-state index is 12.9. The highest BCUT2D eigenvalue weighted by Gasteiger charge is 2.13. The van der Waals surface area contributed by atoms with E-state index in [1.807, 2.05) is 54.6 Å². The van der Waals surface area contributed by atoms with E-state index in [1.54, 1.807) is 36.5 Å². The Morgan fingerprint density at radius 2 is 1.71 bits per heavy atom. The number of fused-ring (bicyclic) bond motifs is 1. The number of para-hydroxylation sites is 1. The third-order valence-corrected chi connectivity index (χ3v) is 5.44. The Hall–Kier alpha value is -4.27. The first-order valence-corrected chi connectivity index (χ1v) is 10.9. The number of ether oxygens (including phenoxy) is 2. The van der Waals surface area contributed by atoms with Gasteiger partial charge in [-0.25, -0.2) is 5.43 Å². The minimum absolute atomic E-state index is 0.127. The molecule has 168 valence electrons. The molecule has 4 rings (SSSR count). The molecule has 34 heavy (non-hydrogen) atoms. The second kappa shape index (κ2) is 11.0. The minimum Gasteiger partial charge on any atom is -0.488 e. The summed E-state index contributed by atoms with van der Waals surface area (Å²) in [5, 5.41) is 6.73. The largest absolute Gasteiger partial charge is 0.488 e. The molecular formula is C28H21ClN2O3.